The Kier molecular flexibility index (Phi) is 3.74. The van der Waals surface area contributed by atoms with Gasteiger partial charge in [0.2, 0.25) is 5.76 Å². The van der Waals surface area contributed by atoms with Gasteiger partial charge < -0.3 is 9.84 Å². The minimum atomic E-state index is -0.349. The fourth-order valence-corrected chi connectivity index (χ4v) is 2.50. The fourth-order valence-electron chi connectivity index (χ4n) is 2.50. The molecule has 25 heavy (non-hydrogen) atoms. The van der Waals surface area contributed by atoms with Crippen molar-refractivity contribution in [3.05, 3.63) is 71.9 Å². The molecule has 4 rings (SSSR count). The van der Waals surface area contributed by atoms with Crippen molar-refractivity contribution in [2.24, 2.45) is 0 Å². The summed E-state index contributed by atoms with van der Waals surface area (Å²) < 4.78 is 6.98. The fraction of sp³-hybridized carbons (Fsp3) is 0.111. The Morgan fingerprint density at radius 3 is 2.84 bits per heavy atom. The zero-order valence-electron chi connectivity index (χ0n) is 13.5. The molecule has 0 radical (unpaired) electrons. The number of hydrogen-bond acceptors (Lipinski definition) is 5. The minimum absolute atomic E-state index is 0.157. The van der Waals surface area contributed by atoms with Crippen LogP contribution in [-0.4, -0.2) is 25.7 Å². The highest BCUT2D eigenvalue weighted by molar-refractivity contribution is 5.92. The summed E-state index contributed by atoms with van der Waals surface area (Å²) >= 11 is 0. The summed E-state index contributed by atoms with van der Waals surface area (Å²) in [6.45, 7) is 2.25. The maximum atomic E-state index is 12.3. The summed E-state index contributed by atoms with van der Waals surface area (Å²) in [5.41, 5.74) is 3.41. The molecule has 7 nitrogen and oxygen atoms in total. The quantitative estimate of drug-likeness (QED) is 0.620. The molecule has 1 N–H and O–H groups in total. The van der Waals surface area contributed by atoms with Gasteiger partial charge in [-0.3, -0.25) is 9.20 Å². The van der Waals surface area contributed by atoms with Gasteiger partial charge in [-0.2, -0.15) is 0 Å². The van der Waals surface area contributed by atoms with Crippen molar-refractivity contribution in [3.63, 3.8) is 0 Å². The molecule has 0 aliphatic heterocycles. The van der Waals surface area contributed by atoms with Crippen molar-refractivity contribution in [2.45, 2.75) is 13.5 Å². The van der Waals surface area contributed by atoms with Crippen LogP contribution in [0.15, 0.2) is 59.3 Å². The number of nitrogens with zero attached hydrogens (tertiary/aromatic N) is 4. The summed E-state index contributed by atoms with van der Waals surface area (Å²) in [6.07, 6.45) is 1.85. The number of nitrogens with one attached hydrogen (secondary N) is 1. The third-order valence-electron chi connectivity index (χ3n) is 3.87. The first-order chi connectivity index (χ1) is 12.2. The molecule has 7 heteroatoms. The highest BCUT2D eigenvalue weighted by atomic mass is 16.5. The minimum Gasteiger partial charge on any atom is -0.350 e. The summed E-state index contributed by atoms with van der Waals surface area (Å²) in [4.78, 5) is 12.3. The lowest BCUT2D eigenvalue weighted by Crippen LogP contribution is -2.23. The van der Waals surface area contributed by atoms with Gasteiger partial charge in [-0.15, -0.1) is 10.2 Å². The van der Waals surface area contributed by atoms with Gasteiger partial charge in [-0.05, 0) is 19.1 Å². The van der Waals surface area contributed by atoms with E-state index in [2.05, 4.69) is 20.7 Å². The number of benzene rings is 1. The summed E-state index contributed by atoms with van der Waals surface area (Å²) in [5, 5.41) is 14.9. The van der Waals surface area contributed by atoms with E-state index < -0.39 is 0 Å². The van der Waals surface area contributed by atoms with E-state index in [1.165, 1.54) is 0 Å². The smallest absolute Gasteiger partial charge is 0.290 e. The lowest BCUT2D eigenvalue weighted by Gasteiger charge is -2.01. The molecule has 1 amide bonds. The standard InChI is InChI=1S/C18H15N5O2/c1-12-5-7-13(8-6-12)14-10-15(25-22-14)18(24)19-11-17-21-20-16-4-2-3-9-23(16)17/h2-10H,11H2,1H3,(H,19,24). The summed E-state index contributed by atoms with van der Waals surface area (Å²) in [7, 11) is 0. The molecule has 0 aliphatic carbocycles. The Balaban J connectivity index is 1.47. The first-order valence-corrected chi connectivity index (χ1v) is 7.81. The molecule has 3 heterocycles. The maximum absolute atomic E-state index is 12.3. The largest absolute Gasteiger partial charge is 0.350 e. The number of rotatable bonds is 4. The van der Waals surface area contributed by atoms with Crippen LogP contribution in [0.3, 0.4) is 0 Å². The molecule has 0 spiro atoms. The van der Waals surface area contributed by atoms with Gasteiger partial charge in [-0.25, -0.2) is 0 Å². The number of pyridine rings is 1. The normalized spacial score (nSPS) is 10.9. The highest BCUT2D eigenvalue weighted by Gasteiger charge is 2.15. The van der Waals surface area contributed by atoms with Crippen LogP contribution in [-0.2, 0) is 6.54 Å². The van der Waals surface area contributed by atoms with Crippen LogP contribution in [0.5, 0.6) is 0 Å². The molecule has 0 saturated heterocycles. The van der Waals surface area contributed by atoms with Gasteiger partial charge >= 0.3 is 0 Å². The monoisotopic (exact) mass is 333 g/mol. The molecule has 0 atom stereocenters. The Labute approximate surface area is 143 Å². The zero-order chi connectivity index (χ0) is 17.2. The van der Waals surface area contributed by atoms with Crippen molar-refractivity contribution >= 4 is 11.6 Å². The van der Waals surface area contributed by atoms with Crippen molar-refractivity contribution in [2.75, 3.05) is 0 Å². The van der Waals surface area contributed by atoms with Gasteiger partial charge in [-0.1, -0.05) is 41.1 Å². The number of carbonyl (C=O) groups excluding carboxylic acids is 1. The third kappa shape index (κ3) is 2.99. The Hall–Kier alpha value is -3.48. The molecular formula is C18H15N5O2. The second-order valence-electron chi connectivity index (χ2n) is 5.67. The van der Waals surface area contributed by atoms with Crippen LogP contribution in [0.25, 0.3) is 16.9 Å². The van der Waals surface area contributed by atoms with Crippen molar-refractivity contribution in [3.8, 4) is 11.3 Å². The van der Waals surface area contributed by atoms with Crippen molar-refractivity contribution in [1.29, 1.82) is 0 Å². The van der Waals surface area contributed by atoms with Gasteiger partial charge in [0, 0.05) is 17.8 Å². The van der Waals surface area contributed by atoms with E-state index in [1.54, 1.807) is 6.07 Å². The van der Waals surface area contributed by atoms with E-state index in [1.807, 2.05) is 60.0 Å². The topological polar surface area (TPSA) is 85.3 Å². The first kappa shape index (κ1) is 15.1. The third-order valence-corrected chi connectivity index (χ3v) is 3.87. The lowest BCUT2D eigenvalue weighted by atomic mass is 10.1. The number of fused-ring (bicyclic) bond motifs is 1. The average Bonchev–Trinajstić information content (AvgIpc) is 3.28. The van der Waals surface area contributed by atoms with Gasteiger partial charge in [0.1, 0.15) is 5.69 Å². The number of amides is 1. The van der Waals surface area contributed by atoms with Crippen LogP contribution in [0, 0.1) is 6.92 Å². The summed E-state index contributed by atoms with van der Waals surface area (Å²) in [6, 6.07) is 15.1. The van der Waals surface area contributed by atoms with Crippen LogP contribution >= 0.6 is 0 Å². The number of carbonyl (C=O) groups is 1. The Morgan fingerprint density at radius 2 is 2.00 bits per heavy atom. The van der Waals surface area contributed by atoms with Crippen molar-refractivity contribution < 1.29 is 9.32 Å². The highest BCUT2D eigenvalue weighted by Crippen LogP contribution is 2.19. The number of aryl methyl sites for hydroxylation is 1. The zero-order valence-corrected chi connectivity index (χ0v) is 13.5. The molecule has 124 valence electrons. The Bertz CT molecular complexity index is 1030. The molecule has 0 saturated carbocycles. The van der Waals surface area contributed by atoms with E-state index in [0.29, 0.717) is 11.5 Å². The maximum Gasteiger partial charge on any atom is 0.290 e. The molecule has 0 unspecified atom stereocenters. The number of hydrogen-bond donors (Lipinski definition) is 1. The van der Waals surface area contributed by atoms with Gasteiger partial charge in [0.05, 0.1) is 6.54 Å². The predicted molar refractivity (Wildman–Crippen MR) is 90.8 cm³/mol. The van der Waals surface area contributed by atoms with E-state index in [0.717, 1.165) is 16.8 Å². The first-order valence-electron chi connectivity index (χ1n) is 7.81. The molecule has 0 fully saturated rings. The second kappa shape index (κ2) is 6.20. The van der Waals surface area contributed by atoms with Gasteiger partial charge in [0.15, 0.2) is 11.5 Å². The number of aromatic nitrogens is 4. The molecule has 0 bridgehead atoms. The SMILES string of the molecule is Cc1ccc(-c2cc(C(=O)NCc3nnc4ccccn34)on2)cc1. The molecule has 3 aromatic heterocycles. The molecular weight excluding hydrogens is 318 g/mol. The van der Waals surface area contributed by atoms with Crippen LogP contribution in [0.1, 0.15) is 21.9 Å². The van der Waals surface area contributed by atoms with Crippen LogP contribution in [0.4, 0.5) is 0 Å². The lowest BCUT2D eigenvalue weighted by molar-refractivity contribution is 0.0913. The summed E-state index contributed by atoms with van der Waals surface area (Å²) in [5.74, 6) is 0.449. The van der Waals surface area contributed by atoms with E-state index in [4.69, 9.17) is 4.52 Å². The molecule has 1 aromatic carbocycles. The Morgan fingerprint density at radius 1 is 1.16 bits per heavy atom. The second-order valence-corrected chi connectivity index (χ2v) is 5.67. The van der Waals surface area contributed by atoms with E-state index in [9.17, 15) is 4.79 Å². The molecule has 0 aliphatic rings. The van der Waals surface area contributed by atoms with Crippen molar-refractivity contribution in [1.82, 2.24) is 25.1 Å². The van der Waals surface area contributed by atoms with Gasteiger partial charge in [0.25, 0.3) is 5.91 Å². The van der Waals surface area contributed by atoms with Crippen LogP contribution in [0.2, 0.25) is 0 Å². The van der Waals surface area contributed by atoms with E-state index in [-0.39, 0.29) is 18.2 Å². The van der Waals surface area contributed by atoms with Crippen LogP contribution < -0.4 is 5.32 Å². The van der Waals surface area contributed by atoms with E-state index >= 15 is 0 Å². The predicted octanol–water partition coefficient (Wildman–Crippen LogP) is 2.62. The molecule has 4 aromatic rings. The average molecular weight is 333 g/mol.